The van der Waals surface area contributed by atoms with Gasteiger partial charge in [-0.05, 0) is 61.4 Å². The van der Waals surface area contributed by atoms with Crippen molar-refractivity contribution in [1.82, 2.24) is 39.2 Å². The first-order chi connectivity index (χ1) is 30.2. The van der Waals surface area contributed by atoms with E-state index in [1.54, 1.807) is 18.4 Å². The van der Waals surface area contributed by atoms with E-state index >= 15 is 8.78 Å². The monoisotopic (exact) mass is 934 g/mol. The Bertz CT molecular complexity index is 2820. The average Bonchev–Trinajstić information content (AvgIpc) is 3.90. The molecule has 0 saturated carbocycles. The predicted octanol–water partition coefficient (Wildman–Crippen LogP) is 8.98. The van der Waals surface area contributed by atoms with Gasteiger partial charge in [0.15, 0.2) is 0 Å². The highest BCUT2D eigenvalue weighted by Crippen LogP contribution is 2.48. The number of nitrogens with one attached hydrogen (secondary N) is 4. The molecule has 2 atom stereocenters. The van der Waals surface area contributed by atoms with Gasteiger partial charge in [0.25, 0.3) is 17.9 Å². The molecule has 3 heterocycles. The van der Waals surface area contributed by atoms with E-state index in [9.17, 15) is 35.9 Å². The van der Waals surface area contributed by atoms with Crippen molar-refractivity contribution >= 4 is 51.9 Å². The molecule has 0 radical (unpaired) electrons. The number of nitrogens with zero attached hydrogens (tertiary/aromatic N) is 6. The van der Waals surface area contributed by atoms with Crippen LogP contribution in [0, 0.1) is 23.0 Å². The summed E-state index contributed by atoms with van der Waals surface area (Å²) in [5.74, 6) is -11.4. The summed E-state index contributed by atoms with van der Waals surface area (Å²) in [5, 5.41) is 22.6. The van der Waals surface area contributed by atoms with Crippen LogP contribution in [0.15, 0.2) is 65.6 Å². The van der Waals surface area contributed by atoms with Crippen LogP contribution in [0.5, 0.6) is 0 Å². The van der Waals surface area contributed by atoms with Crippen LogP contribution in [0.2, 0.25) is 5.02 Å². The van der Waals surface area contributed by atoms with Crippen molar-refractivity contribution in [3.05, 3.63) is 122 Å². The second kappa shape index (κ2) is 17.9. The Morgan fingerprint density at radius 1 is 1.08 bits per heavy atom. The van der Waals surface area contributed by atoms with Crippen molar-refractivity contribution in [1.29, 1.82) is 5.41 Å². The highest BCUT2D eigenvalue weighted by molar-refractivity contribution is 7.97. The molecule has 12 nitrogen and oxygen atoms in total. The second-order valence-electron chi connectivity index (χ2n) is 15.4. The largest absolute Gasteiger partial charge is 0.386 e. The fraction of sp³-hybridized carbons (Fsp3) is 0.333. The van der Waals surface area contributed by atoms with Crippen LogP contribution in [-0.4, -0.2) is 60.1 Å². The van der Waals surface area contributed by atoms with Gasteiger partial charge in [-0.15, -0.1) is 0 Å². The molecule has 0 saturated heterocycles. The van der Waals surface area contributed by atoms with E-state index < -0.39 is 90.5 Å². The first-order valence-electron chi connectivity index (χ1n) is 19.6. The molecule has 4 N–H and O–H groups in total. The zero-order chi connectivity index (χ0) is 46.4. The molecule has 64 heavy (non-hydrogen) atoms. The minimum Gasteiger partial charge on any atom is -0.386 e. The van der Waals surface area contributed by atoms with Crippen LogP contribution in [0.1, 0.15) is 66.6 Å². The van der Waals surface area contributed by atoms with Crippen LogP contribution < -0.4 is 20.9 Å². The number of carbonyl (C=O) groups is 1. The highest BCUT2D eigenvalue weighted by Gasteiger charge is 2.51. The van der Waals surface area contributed by atoms with Gasteiger partial charge >= 0.3 is 0 Å². The summed E-state index contributed by atoms with van der Waals surface area (Å²) < 4.78 is 122. The zero-order valence-corrected chi connectivity index (χ0v) is 35.9. The molecule has 22 heteroatoms. The molecule has 1 unspecified atom stereocenters. The molecule has 1 aliphatic rings. The third-order valence-corrected chi connectivity index (χ3v) is 11.4. The van der Waals surface area contributed by atoms with E-state index in [0.29, 0.717) is 22.0 Å². The Hall–Kier alpha value is -5.96. The number of amidine groups is 1. The van der Waals surface area contributed by atoms with Gasteiger partial charge in [0.2, 0.25) is 11.8 Å². The first kappa shape index (κ1) is 46.0. The molecule has 338 valence electrons. The number of halogens is 9. The molecule has 0 bridgehead atoms. The standard InChI is InChI=1S/C42H39ClF8N10O2S/c1-20-13-26-34(37(46)47)57-60(36(26)42(20,50)51)19-32(62)54-30(16-21-14-23(44)18-24(45)15-21)39-55-29-17-22(28-9-11-59(56-28)12-10-41(2,48)49)5-6-25(29)40(63)61(39)31-8-7-27(43)33(35(31)53-3)38(52)58-64-4/h5-9,11,14-15,17-18,20,30,37,53H,10,12-13,16,19H2,1-4H3,(H2,52,58)(H,54,62)/t20-,30?/m0/s1. The fourth-order valence-electron chi connectivity index (χ4n) is 7.78. The summed E-state index contributed by atoms with van der Waals surface area (Å²) in [7, 11) is 1.50. The van der Waals surface area contributed by atoms with Crippen molar-refractivity contribution in [2.45, 2.75) is 70.5 Å². The van der Waals surface area contributed by atoms with E-state index in [2.05, 4.69) is 25.6 Å². The van der Waals surface area contributed by atoms with E-state index in [4.69, 9.17) is 22.0 Å². The first-order valence-corrected chi connectivity index (χ1v) is 21.2. The lowest BCUT2D eigenvalue weighted by Crippen LogP contribution is -2.38. The summed E-state index contributed by atoms with van der Waals surface area (Å²) in [4.78, 5) is 34.0. The van der Waals surface area contributed by atoms with Crippen LogP contribution in [0.4, 0.5) is 40.8 Å². The number of alkyl halides is 6. The second-order valence-corrected chi connectivity index (χ2v) is 16.4. The summed E-state index contributed by atoms with van der Waals surface area (Å²) in [6.07, 6.45) is -1.44. The maximum atomic E-state index is 15.5. The molecule has 3 aromatic heterocycles. The third-order valence-electron chi connectivity index (χ3n) is 10.7. The molecule has 1 amide bonds. The molecule has 7 rings (SSSR count). The highest BCUT2D eigenvalue weighted by atomic mass is 35.5. The van der Waals surface area contributed by atoms with E-state index in [0.717, 1.165) is 35.6 Å². The number of anilines is 1. The number of benzene rings is 3. The Balaban J connectivity index is 1.43. The number of amides is 1. The Morgan fingerprint density at radius 3 is 2.45 bits per heavy atom. The van der Waals surface area contributed by atoms with Crippen molar-refractivity contribution < 1.29 is 39.9 Å². The van der Waals surface area contributed by atoms with E-state index in [1.165, 1.54) is 49.1 Å². The Kier molecular flexibility index (Phi) is 12.9. The number of fused-ring (bicyclic) bond motifs is 2. The summed E-state index contributed by atoms with van der Waals surface area (Å²) in [6, 6.07) is 9.93. The minimum absolute atomic E-state index is 0.0123. The summed E-state index contributed by atoms with van der Waals surface area (Å²) in [5.41, 5.74) is -1.87. The number of rotatable bonds is 15. The molecular formula is C42H39ClF8N10O2S. The molecule has 0 aliphatic heterocycles. The van der Waals surface area contributed by atoms with Gasteiger partial charge in [-0.2, -0.15) is 19.0 Å². The summed E-state index contributed by atoms with van der Waals surface area (Å²) in [6.45, 7) is 0.861. The van der Waals surface area contributed by atoms with Gasteiger partial charge in [-0.25, -0.2) is 31.3 Å². The number of aryl methyl sites for hydroxylation is 1. The van der Waals surface area contributed by atoms with Crippen LogP contribution >= 0.6 is 23.5 Å². The lowest BCUT2D eigenvalue weighted by atomic mass is 10.0. The predicted molar refractivity (Wildman–Crippen MR) is 227 cm³/mol. The number of hydrogen-bond acceptors (Lipinski definition) is 8. The van der Waals surface area contributed by atoms with Crippen LogP contribution in [0.3, 0.4) is 0 Å². The lowest BCUT2D eigenvalue weighted by Gasteiger charge is -2.25. The number of carbonyl (C=O) groups excluding carboxylic acids is 1. The van der Waals surface area contributed by atoms with Crippen molar-refractivity contribution in [2.75, 3.05) is 18.6 Å². The van der Waals surface area contributed by atoms with Gasteiger partial charge in [0.1, 0.15) is 41.2 Å². The SMILES string of the molecule is CNc1c(-n2c(C(Cc3cc(F)cc(F)c3)NC(=O)Cn3nc(C(F)F)c4c3C(F)(F)[C@@H](C)C4)nc3cc(-c4ccn(CCC(C)(F)F)n4)ccc3c2=O)ccc(Cl)c1C(=N)NSC. The number of hydrogen-bond donors (Lipinski definition) is 4. The van der Waals surface area contributed by atoms with E-state index in [-0.39, 0.29) is 62.2 Å². The Morgan fingerprint density at radius 2 is 1.80 bits per heavy atom. The molecule has 0 spiro atoms. The van der Waals surface area contributed by atoms with Crippen LogP contribution in [-0.2, 0) is 36.6 Å². The summed E-state index contributed by atoms with van der Waals surface area (Å²) >= 11 is 7.70. The molecule has 6 aromatic rings. The van der Waals surface area contributed by atoms with E-state index in [1.807, 2.05) is 0 Å². The van der Waals surface area contributed by atoms with Gasteiger partial charge in [0, 0.05) is 62.0 Å². The maximum Gasteiger partial charge on any atom is 0.292 e. The third kappa shape index (κ3) is 9.17. The fourth-order valence-corrected chi connectivity index (χ4v) is 8.34. The molecule has 3 aromatic carbocycles. The zero-order valence-electron chi connectivity index (χ0n) is 34.4. The molecule has 0 fully saturated rings. The molecular weight excluding hydrogens is 896 g/mol. The number of aromatic nitrogens is 6. The smallest absolute Gasteiger partial charge is 0.292 e. The van der Waals surface area contributed by atoms with Gasteiger partial charge in [0.05, 0.1) is 44.6 Å². The normalized spacial score (nSPS) is 15.1. The van der Waals surface area contributed by atoms with Gasteiger partial charge in [-0.1, -0.05) is 36.5 Å². The van der Waals surface area contributed by atoms with Crippen LogP contribution in [0.25, 0.3) is 27.8 Å². The topological polar surface area (TPSA) is 148 Å². The molecule has 1 aliphatic carbocycles. The van der Waals surface area contributed by atoms with Crippen molar-refractivity contribution in [3.8, 4) is 16.9 Å². The maximum absolute atomic E-state index is 15.5. The lowest BCUT2D eigenvalue weighted by molar-refractivity contribution is -0.123. The van der Waals surface area contributed by atoms with Crippen molar-refractivity contribution in [2.24, 2.45) is 5.92 Å². The van der Waals surface area contributed by atoms with Gasteiger partial charge < -0.3 is 15.4 Å². The van der Waals surface area contributed by atoms with Gasteiger partial charge in [-0.3, -0.25) is 28.9 Å². The minimum atomic E-state index is -3.63. The van der Waals surface area contributed by atoms with Crippen molar-refractivity contribution in [3.63, 3.8) is 0 Å². The Labute approximate surface area is 369 Å². The average molecular weight is 935 g/mol. The quantitative estimate of drug-likeness (QED) is 0.0346.